The molecule has 0 fully saturated rings. The summed E-state index contributed by atoms with van der Waals surface area (Å²) in [6, 6.07) is 7.07. The number of aryl methyl sites for hydroxylation is 1. The van der Waals surface area contributed by atoms with Crippen LogP contribution in [0.4, 0.5) is 11.4 Å². The number of aromatic amines is 1. The Hall–Kier alpha value is -2.56. The number of rotatable bonds is 2. The third kappa shape index (κ3) is 3.01. The Bertz CT molecular complexity index is 689. The van der Waals surface area contributed by atoms with Crippen molar-refractivity contribution in [1.29, 1.82) is 0 Å². The Morgan fingerprint density at radius 2 is 1.95 bits per heavy atom. The standard InChI is InChI=1S/C14H15N3O2/c1-8-3-11(7-16-14(8)19)10-4-12(15)6-13(5-10)17-9(2)18/h3-7H,15H2,1-2H3,(H,16,19)(H,17,18). The van der Waals surface area contributed by atoms with Crippen LogP contribution < -0.4 is 16.6 Å². The minimum atomic E-state index is -0.158. The van der Waals surface area contributed by atoms with Crippen LogP contribution in [-0.4, -0.2) is 10.9 Å². The summed E-state index contributed by atoms with van der Waals surface area (Å²) in [5, 5.41) is 2.69. The normalized spacial score (nSPS) is 10.2. The number of carbonyl (C=O) groups excluding carboxylic acids is 1. The van der Waals surface area contributed by atoms with Gasteiger partial charge in [0.25, 0.3) is 5.56 Å². The lowest BCUT2D eigenvalue weighted by Crippen LogP contribution is -2.08. The van der Waals surface area contributed by atoms with Gasteiger partial charge in [-0.2, -0.15) is 0 Å². The topological polar surface area (TPSA) is 88.0 Å². The Morgan fingerprint density at radius 3 is 2.58 bits per heavy atom. The summed E-state index contributed by atoms with van der Waals surface area (Å²) in [6.07, 6.45) is 1.63. The third-order valence-corrected chi connectivity index (χ3v) is 2.70. The first kappa shape index (κ1) is 12.9. The van der Waals surface area contributed by atoms with E-state index in [0.29, 0.717) is 16.9 Å². The second kappa shape index (κ2) is 4.97. The summed E-state index contributed by atoms with van der Waals surface area (Å²) in [7, 11) is 0. The quantitative estimate of drug-likeness (QED) is 0.718. The third-order valence-electron chi connectivity index (χ3n) is 2.70. The molecule has 0 radical (unpaired) electrons. The van der Waals surface area contributed by atoms with E-state index >= 15 is 0 Å². The molecule has 0 spiro atoms. The maximum Gasteiger partial charge on any atom is 0.250 e. The first-order valence-electron chi connectivity index (χ1n) is 5.83. The van der Waals surface area contributed by atoms with E-state index in [9.17, 15) is 9.59 Å². The van der Waals surface area contributed by atoms with Gasteiger partial charge in [-0.15, -0.1) is 0 Å². The van der Waals surface area contributed by atoms with Crippen molar-refractivity contribution in [2.45, 2.75) is 13.8 Å². The van der Waals surface area contributed by atoms with Crippen molar-refractivity contribution >= 4 is 17.3 Å². The van der Waals surface area contributed by atoms with Crippen molar-refractivity contribution < 1.29 is 4.79 Å². The highest BCUT2D eigenvalue weighted by molar-refractivity contribution is 5.90. The van der Waals surface area contributed by atoms with Crippen LogP contribution >= 0.6 is 0 Å². The van der Waals surface area contributed by atoms with Gasteiger partial charge >= 0.3 is 0 Å². The number of anilines is 2. The van der Waals surface area contributed by atoms with Crippen molar-refractivity contribution in [1.82, 2.24) is 4.98 Å². The number of nitrogens with one attached hydrogen (secondary N) is 2. The molecule has 5 heteroatoms. The van der Waals surface area contributed by atoms with Gasteiger partial charge in [-0.3, -0.25) is 9.59 Å². The molecular formula is C14H15N3O2. The molecule has 0 aliphatic carbocycles. The molecule has 5 nitrogen and oxygen atoms in total. The first-order chi connectivity index (χ1) is 8.95. The summed E-state index contributed by atoms with van der Waals surface area (Å²) in [6.45, 7) is 3.18. The number of benzene rings is 1. The number of pyridine rings is 1. The van der Waals surface area contributed by atoms with Crippen LogP contribution in [-0.2, 0) is 4.79 Å². The van der Waals surface area contributed by atoms with Crippen molar-refractivity contribution in [3.63, 3.8) is 0 Å². The minimum Gasteiger partial charge on any atom is -0.399 e. The van der Waals surface area contributed by atoms with Gasteiger partial charge in [0.05, 0.1) is 0 Å². The molecule has 0 saturated heterocycles. The van der Waals surface area contributed by atoms with Gasteiger partial charge in [-0.25, -0.2) is 0 Å². The summed E-state index contributed by atoms with van der Waals surface area (Å²) in [5.74, 6) is -0.158. The summed E-state index contributed by atoms with van der Waals surface area (Å²) >= 11 is 0. The first-order valence-corrected chi connectivity index (χ1v) is 5.83. The van der Waals surface area contributed by atoms with Crippen LogP contribution in [0.3, 0.4) is 0 Å². The Labute approximate surface area is 110 Å². The van der Waals surface area contributed by atoms with Crippen LogP contribution in [0.25, 0.3) is 11.1 Å². The lowest BCUT2D eigenvalue weighted by atomic mass is 10.0. The van der Waals surface area contributed by atoms with Crippen LogP contribution in [0.2, 0.25) is 0 Å². The van der Waals surface area contributed by atoms with Crippen LogP contribution in [0.15, 0.2) is 35.3 Å². The zero-order chi connectivity index (χ0) is 14.0. The van der Waals surface area contributed by atoms with Gasteiger partial charge in [0.1, 0.15) is 0 Å². The lowest BCUT2D eigenvalue weighted by molar-refractivity contribution is -0.114. The SMILES string of the molecule is CC(=O)Nc1cc(N)cc(-c2c[nH]c(=O)c(C)c2)c1. The summed E-state index contributed by atoms with van der Waals surface area (Å²) in [4.78, 5) is 25.1. The molecule has 1 aromatic carbocycles. The zero-order valence-electron chi connectivity index (χ0n) is 10.8. The maximum atomic E-state index is 11.3. The molecule has 4 N–H and O–H groups in total. The van der Waals surface area contributed by atoms with Crippen LogP contribution in [0, 0.1) is 6.92 Å². The number of nitrogens with two attached hydrogens (primary N) is 1. The Kier molecular flexibility index (Phi) is 3.37. The molecule has 2 aromatic rings. The smallest absolute Gasteiger partial charge is 0.250 e. The minimum absolute atomic E-state index is 0.116. The van der Waals surface area contributed by atoms with Gasteiger partial charge in [-0.1, -0.05) is 0 Å². The van der Waals surface area contributed by atoms with E-state index in [2.05, 4.69) is 10.3 Å². The number of hydrogen-bond acceptors (Lipinski definition) is 3. The summed E-state index contributed by atoms with van der Waals surface area (Å²) < 4.78 is 0. The molecule has 1 amide bonds. The van der Waals surface area contributed by atoms with E-state index in [0.717, 1.165) is 11.1 Å². The highest BCUT2D eigenvalue weighted by Crippen LogP contribution is 2.25. The van der Waals surface area contributed by atoms with Crippen molar-refractivity contribution in [3.8, 4) is 11.1 Å². The van der Waals surface area contributed by atoms with E-state index in [4.69, 9.17) is 5.73 Å². The molecule has 2 rings (SSSR count). The Balaban J connectivity index is 2.49. The Morgan fingerprint density at radius 1 is 1.21 bits per heavy atom. The molecule has 0 atom stereocenters. The fraction of sp³-hybridized carbons (Fsp3) is 0.143. The van der Waals surface area contributed by atoms with Gasteiger partial charge in [0, 0.05) is 30.1 Å². The fourth-order valence-corrected chi connectivity index (χ4v) is 1.86. The van der Waals surface area contributed by atoms with Crippen molar-refractivity contribution in [3.05, 3.63) is 46.4 Å². The number of hydrogen-bond donors (Lipinski definition) is 3. The maximum absolute atomic E-state index is 11.3. The largest absolute Gasteiger partial charge is 0.399 e. The molecular weight excluding hydrogens is 242 g/mol. The number of carbonyl (C=O) groups is 1. The van der Waals surface area contributed by atoms with E-state index in [1.165, 1.54) is 6.92 Å². The number of H-pyrrole nitrogens is 1. The highest BCUT2D eigenvalue weighted by atomic mass is 16.1. The van der Waals surface area contributed by atoms with E-state index in [1.807, 2.05) is 6.07 Å². The van der Waals surface area contributed by atoms with Crippen molar-refractivity contribution in [2.75, 3.05) is 11.1 Å². The molecule has 0 saturated carbocycles. The van der Waals surface area contributed by atoms with Crippen LogP contribution in [0.1, 0.15) is 12.5 Å². The van der Waals surface area contributed by atoms with Gasteiger partial charge < -0.3 is 16.0 Å². The van der Waals surface area contributed by atoms with Gasteiger partial charge in [-0.05, 0) is 42.3 Å². The molecule has 0 unspecified atom stereocenters. The number of aromatic nitrogens is 1. The molecule has 19 heavy (non-hydrogen) atoms. The van der Waals surface area contributed by atoms with Gasteiger partial charge in [0.15, 0.2) is 0 Å². The predicted molar refractivity (Wildman–Crippen MR) is 76.0 cm³/mol. The molecule has 98 valence electrons. The molecule has 0 aliphatic heterocycles. The number of amides is 1. The molecule has 0 aliphatic rings. The van der Waals surface area contributed by atoms with E-state index in [1.54, 1.807) is 31.3 Å². The monoisotopic (exact) mass is 257 g/mol. The van der Waals surface area contributed by atoms with E-state index < -0.39 is 0 Å². The second-order valence-electron chi connectivity index (χ2n) is 4.43. The van der Waals surface area contributed by atoms with Crippen LogP contribution in [0.5, 0.6) is 0 Å². The fourth-order valence-electron chi connectivity index (χ4n) is 1.86. The van der Waals surface area contributed by atoms with Gasteiger partial charge in [0.2, 0.25) is 5.91 Å². The lowest BCUT2D eigenvalue weighted by Gasteiger charge is -2.08. The highest BCUT2D eigenvalue weighted by Gasteiger charge is 2.05. The molecule has 1 heterocycles. The average Bonchev–Trinajstić information content (AvgIpc) is 2.31. The van der Waals surface area contributed by atoms with Crippen molar-refractivity contribution in [2.24, 2.45) is 0 Å². The van der Waals surface area contributed by atoms with E-state index in [-0.39, 0.29) is 11.5 Å². The molecule has 0 bridgehead atoms. The summed E-state index contributed by atoms with van der Waals surface area (Å²) in [5.41, 5.74) is 9.18. The second-order valence-corrected chi connectivity index (χ2v) is 4.43. The molecule has 1 aromatic heterocycles. The number of nitrogen functional groups attached to an aromatic ring is 1. The average molecular weight is 257 g/mol. The predicted octanol–water partition coefficient (Wildman–Crippen LogP) is 1.89. The zero-order valence-corrected chi connectivity index (χ0v) is 10.8.